The molecule has 0 spiro atoms. The van der Waals surface area contributed by atoms with Gasteiger partial charge in [0.05, 0.1) is 18.2 Å². The Kier molecular flexibility index (Phi) is 12.6. The van der Waals surface area contributed by atoms with Crippen LogP contribution in [0, 0.1) is 0 Å². The lowest BCUT2D eigenvalue weighted by molar-refractivity contribution is -0.331. The minimum Gasteiger partial charge on any atom is -0.389 e. The summed E-state index contributed by atoms with van der Waals surface area (Å²) in [6.07, 6.45) is -18.8. The molecular weight excluding hydrogens is 552 g/mol. The summed E-state index contributed by atoms with van der Waals surface area (Å²) in [6.45, 7) is -0.0452. The summed E-state index contributed by atoms with van der Waals surface area (Å²) in [6, 6.07) is -3.26. The van der Waals surface area contributed by atoms with Crippen molar-refractivity contribution in [2.45, 2.75) is 111 Å². The maximum Gasteiger partial charge on any atom is 0.249 e. The number of likely N-dealkylation sites (N-methyl/N-ethyl adjacent to an activating group) is 1. The normalized spacial score (nSPS) is 46.2. The van der Waals surface area contributed by atoms with E-state index in [1.54, 1.807) is 7.05 Å². The number of nitrogens with two attached hydrogens (primary N) is 4. The fourth-order valence-corrected chi connectivity index (χ4v) is 5.29. The van der Waals surface area contributed by atoms with E-state index in [0.717, 1.165) is 0 Å². The lowest BCUT2D eigenvalue weighted by Crippen LogP contribution is -2.69. The smallest absolute Gasteiger partial charge is 0.249 e. The molecule has 17 N–H and O–H groups in total. The van der Waals surface area contributed by atoms with Crippen molar-refractivity contribution in [3.8, 4) is 0 Å². The van der Waals surface area contributed by atoms with Crippen molar-refractivity contribution in [1.82, 2.24) is 10.6 Å². The fraction of sp³-hybridized carbons (Fsp3) is 0.957. The van der Waals surface area contributed by atoms with E-state index >= 15 is 0 Å². The van der Waals surface area contributed by atoms with Crippen LogP contribution in [0.4, 0.5) is 0 Å². The Morgan fingerprint density at radius 3 is 2.10 bits per heavy atom. The quantitative estimate of drug-likeness (QED) is 0.105. The minimum absolute atomic E-state index is 0.0282. The van der Waals surface area contributed by atoms with Crippen LogP contribution < -0.4 is 33.6 Å². The molecule has 0 bridgehead atoms. The van der Waals surface area contributed by atoms with Gasteiger partial charge in [-0.3, -0.25) is 4.79 Å². The molecule has 1 aliphatic carbocycles. The Morgan fingerprint density at radius 2 is 1.49 bits per heavy atom. The molecule has 41 heavy (non-hydrogen) atoms. The number of aliphatic hydroxyl groups is 7. The van der Waals surface area contributed by atoms with Crippen molar-refractivity contribution in [3.05, 3.63) is 0 Å². The number of rotatable bonds is 11. The first-order valence-corrected chi connectivity index (χ1v) is 13.6. The summed E-state index contributed by atoms with van der Waals surface area (Å²) in [5.41, 5.74) is 23.3. The lowest BCUT2D eigenvalue weighted by atomic mass is 9.83. The zero-order valence-electron chi connectivity index (χ0n) is 22.8. The van der Waals surface area contributed by atoms with Gasteiger partial charge < -0.3 is 88.3 Å². The highest BCUT2D eigenvalue weighted by molar-refractivity contribution is 5.80. The summed E-state index contributed by atoms with van der Waals surface area (Å²) < 4.78 is 23.0. The molecule has 3 rings (SSSR count). The van der Waals surface area contributed by atoms with Crippen LogP contribution >= 0.6 is 0 Å². The molecule has 3 aliphatic rings. The summed E-state index contributed by atoms with van der Waals surface area (Å²) in [5, 5.41) is 78.8. The molecule has 18 heteroatoms. The number of carbonyl (C=O) groups excluding carboxylic acids is 1. The first kappa shape index (κ1) is 34.3. The first-order chi connectivity index (χ1) is 19.4. The number of ether oxygens (including phenoxy) is 4. The molecule has 240 valence electrons. The second kappa shape index (κ2) is 15.0. The van der Waals surface area contributed by atoms with Crippen LogP contribution in [0.25, 0.3) is 0 Å². The second-order valence-corrected chi connectivity index (χ2v) is 10.7. The van der Waals surface area contributed by atoms with Crippen molar-refractivity contribution >= 4 is 5.91 Å². The van der Waals surface area contributed by atoms with Crippen LogP contribution in [0.3, 0.4) is 0 Å². The van der Waals surface area contributed by atoms with Crippen LogP contribution in [-0.4, -0.2) is 166 Å². The molecule has 2 saturated heterocycles. The molecule has 0 unspecified atom stereocenters. The second-order valence-electron chi connectivity index (χ2n) is 10.7. The first-order valence-electron chi connectivity index (χ1n) is 13.6. The molecule has 3 fully saturated rings. The van der Waals surface area contributed by atoms with Crippen molar-refractivity contribution in [1.29, 1.82) is 0 Å². The van der Waals surface area contributed by atoms with Crippen LogP contribution in [0.5, 0.6) is 0 Å². The Morgan fingerprint density at radius 1 is 0.878 bits per heavy atom. The molecule has 0 aromatic carbocycles. The van der Waals surface area contributed by atoms with Crippen molar-refractivity contribution in [3.63, 3.8) is 0 Å². The number of aliphatic hydroxyl groups excluding tert-OH is 7. The number of amides is 1. The average molecular weight is 599 g/mol. The van der Waals surface area contributed by atoms with Gasteiger partial charge in [0, 0.05) is 19.1 Å². The van der Waals surface area contributed by atoms with Crippen LogP contribution in [0.2, 0.25) is 0 Å². The Balaban J connectivity index is 1.85. The van der Waals surface area contributed by atoms with Gasteiger partial charge in [-0.15, -0.1) is 0 Å². The number of hydrogen-bond acceptors (Lipinski definition) is 17. The van der Waals surface area contributed by atoms with Crippen molar-refractivity contribution < 1.29 is 59.5 Å². The zero-order chi connectivity index (χ0) is 30.6. The van der Waals surface area contributed by atoms with Crippen LogP contribution in [0.1, 0.15) is 12.8 Å². The summed E-state index contributed by atoms with van der Waals surface area (Å²) >= 11 is 0. The molecule has 2 aliphatic heterocycles. The predicted octanol–water partition coefficient (Wildman–Crippen LogP) is -8.20. The SMILES string of the molecule is CNC[C@H]1O[C@H](O[C@@H]2[C@@H](O)[C@H](O[C@H]3O[C@H](CN)[C@@H](O)[C@H](O)[C@H]3O)[C@@H](N)C[C@H]2NC(=O)[C@@H](O)CCN)[C@H](O)[C@@H](N)[C@@H]1O. The summed E-state index contributed by atoms with van der Waals surface area (Å²) in [7, 11) is 1.61. The van der Waals surface area contributed by atoms with Gasteiger partial charge in [0.25, 0.3) is 0 Å². The van der Waals surface area contributed by atoms with Gasteiger partial charge in [0.2, 0.25) is 5.91 Å². The van der Waals surface area contributed by atoms with Crippen LogP contribution in [-0.2, 0) is 23.7 Å². The highest BCUT2D eigenvalue weighted by Gasteiger charge is 2.52. The van der Waals surface area contributed by atoms with Gasteiger partial charge in [0.1, 0.15) is 61.0 Å². The standard InChI is InChI=1S/C23H46N6O12/c1-28-6-11-13(31)12(27)15(33)22(39-11)41-20-8(29-21(37)9(30)2-3-24)4-7(26)19(18(20)36)40-23-17(35)16(34)14(32)10(5-25)38-23/h7-20,22-23,28,30-36H,2-6,24-27H2,1H3,(H,29,37)/t7-,8+,9-,10+,11+,12-,13+,14+,15+,16-,17+,18-,19+,20-,22+,23+/m0/s1. The minimum atomic E-state index is -1.74. The van der Waals surface area contributed by atoms with Gasteiger partial charge in [-0.1, -0.05) is 0 Å². The molecule has 18 nitrogen and oxygen atoms in total. The average Bonchev–Trinajstić information content (AvgIpc) is 2.94. The molecule has 0 radical (unpaired) electrons. The molecule has 1 amide bonds. The van der Waals surface area contributed by atoms with E-state index in [2.05, 4.69) is 10.6 Å². The third kappa shape index (κ3) is 7.68. The van der Waals surface area contributed by atoms with Gasteiger partial charge in [-0.25, -0.2) is 0 Å². The fourth-order valence-electron chi connectivity index (χ4n) is 5.29. The summed E-state index contributed by atoms with van der Waals surface area (Å²) in [4.78, 5) is 12.6. The van der Waals surface area contributed by atoms with Gasteiger partial charge in [0.15, 0.2) is 12.6 Å². The third-order valence-electron chi connectivity index (χ3n) is 7.73. The van der Waals surface area contributed by atoms with E-state index in [1.807, 2.05) is 0 Å². The third-order valence-corrected chi connectivity index (χ3v) is 7.73. The zero-order valence-corrected chi connectivity index (χ0v) is 22.8. The van der Waals surface area contributed by atoms with E-state index in [0.29, 0.717) is 0 Å². The topological polar surface area (TPSA) is 324 Å². The Bertz CT molecular complexity index is 834. The van der Waals surface area contributed by atoms with Crippen molar-refractivity contribution in [2.75, 3.05) is 26.7 Å². The molecule has 0 aromatic heterocycles. The lowest BCUT2D eigenvalue weighted by Gasteiger charge is -2.49. The maximum atomic E-state index is 12.6. The van der Waals surface area contributed by atoms with Gasteiger partial charge >= 0.3 is 0 Å². The highest BCUT2D eigenvalue weighted by Crippen LogP contribution is 2.32. The van der Waals surface area contributed by atoms with E-state index in [1.165, 1.54) is 0 Å². The molecule has 0 aromatic rings. The van der Waals surface area contributed by atoms with Gasteiger partial charge in [-0.05, 0) is 26.4 Å². The van der Waals surface area contributed by atoms with Crippen LogP contribution in [0.15, 0.2) is 0 Å². The van der Waals surface area contributed by atoms with E-state index in [9.17, 15) is 40.5 Å². The molecule has 16 atom stereocenters. The largest absolute Gasteiger partial charge is 0.389 e. The van der Waals surface area contributed by atoms with E-state index in [4.69, 9.17) is 41.9 Å². The van der Waals surface area contributed by atoms with Gasteiger partial charge in [-0.2, -0.15) is 0 Å². The Hall–Kier alpha value is -1.17. The van der Waals surface area contributed by atoms with E-state index in [-0.39, 0.29) is 32.5 Å². The monoisotopic (exact) mass is 598 g/mol. The maximum absolute atomic E-state index is 12.6. The molecular formula is C23H46N6O12. The number of hydrogen-bond donors (Lipinski definition) is 13. The van der Waals surface area contributed by atoms with Crippen molar-refractivity contribution in [2.24, 2.45) is 22.9 Å². The molecule has 2 heterocycles. The molecule has 1 saturated carbocycles. The highest BCUT2D eigenvalue weighted by atomic mass is 16.7. The van der Waals surface area contributed by atoms with E-state index < -0.39 is 104 Å². The summed E-state index contributed by atoms with van der Waals surface area (Å²) in [5.74, 6) is -0.813. The Labute approximate surface area is 236 Å². The predicted molar refractivity (Wildman–Crippen MR) is 138 cm³/mol. The number of nitrogens with one attached hydrogen (secondary N) is 2. The number of carbonyl (C=O) groups is 1.